The van der Waals surface area contributed by atoms with Crippen LogP contribution in [0.15, 0.2) is 18.7 Å². The number of anilines is 2. The van der Waals surface area contributed by atoms with Gasteiger partial charge in [-0.2, -0.15) is 5.10 Å². The first-order valence-electron chi connectivity index (χ1n) is 6.70. The summed E-state index contributed by atoms with van der Waals surface area (Å²) in [7, 11) is 3.61. The molecule has 0 fully saturated rings. The van der Waals surface area contributed by atoms with Crippen LogP contribution in [-0.2, 0) is 11.8 Å². The molecule has 0 aliphatic heterocycles. The fourth-order valence-electron chi connectivity index (χ4n) is 2.14. The number of likely N-dealkylation sites (N-methyl/N-ethyl adjacent to an activating group) is 1. The molecule has 9 nitrogen and oxygen atoms in total. The number of hydrogen-bond donors (Lipinski definition) is 2. The Morgan fingerprint density at radius 1 is 1.41 bits per heavy atom. The van der Waals surface area contributed by atoms with Crippen molar-refractivity contribution in [1.82, 2.24) is 29.7 Å². The first-order valence-corrected chi connectivity index (χ1v) is 6.70. The zero-order valence-electron chi connectivity index (χ0n) is 12.5. The third-order valence-electron chi connectivity index (χ3n) is 3.33. The number of rotatable bonds is 4. The number of aryl methyl sites for hydroxylation is 2. The predicted molar refractivity (Wildman–Crippen MR) is 81.5 cm³/mol. The van der Waals surface area contributed by atoms with Crippen LogP contribution in [-0.4, -0.2) is 49.2 Å². The number of nitrogens with zero attached hydrogens (tertiary/aromatic N) is 6. The predicted octanol–water partition coefficient (Wildman–Crippen LogP) is 0.470. The number of aromatic amines is 1. The van der Waals surface area contributed by atoms with E-state index in [1.165, 1.54) is 6.33 Å². The Hall–Kier alpha value is -2.97. The van der Waals surface area contributed by atoms with Crippen LogP contribution in [0, 0.1) is 6.92 Å². The number of nitrogens with one attached hydrogen (secondary N) is 2. The number of carbonyl (C=O) groups excluding carboxylic acids is 1. The summed E-state index contributed by atoms with van der Waals surface area (Å²) in [6, 6.07) is 1.82. The van der Waals surface area contributed by atoms with Gasteiger partial charge in [-0.15, -0.1) is 0 Å². The smallest absolute Gasteiger partial charge is 0.245 e. The van der Waals surface area contributed by atoms with Crippen molar-refractivity contribution in [1.29, 1.82) is 0 Å². The summed E-state index contributed by atoms with van der Waals surface area (Å²) in [4.78, 5) is 29.2. The van der Waals surface area contributed by atoms with Gasteiger partial charge in [0, 0.05) is 25.9 Å². The number of fused-ring (bicyclic) bond motifs is 1. The topological polar surface area (TPSA) is 105 Å². The number of aromatic nitrogens is 6. The highest BCUT2D eigenvalue weighted by molar-refractivity contribution is 5.94. The number of H-pyrrole nitrogens is 1. The molecule has 9 heteroatoms. The highest BCUT2D eigenvalue weighted by Gasteiger charge is 2.14. The van der Waals surface area contributed by atoms with Crippen LogP contribution in [0.25, 0.3) is 11.2 Å². The summed E-state index contributed by atoms with van der Waals surface area (Å²) >= 11 is 0. The summed E-state index contributed by atoms with van der Waals surface area (Å²) in [5, 5.41) is 6.96. The van der Waals surface area contributed by atoms with E-state index in [1.807, 2.05) is 20.0 Å². The molecule has 0 spiro atoms. The molecule has 1 amide bonds. The lowest BCUT2D eigenvalue weighted by atomic mass is 10.4. The van der Waals surface area contributed by atoms with Crippen LogP contribution in [0.2, 0.25) is 0 Å². The molecule has 3 aromatic rings. The molecular formula is C13H16N8O. The molecule has 0 aliphatic rings. The molecule has 3 rings (SSSR count). The molecule has 114 valence electrons. The van der Waals surface area contributed by atoms with Crippen LogP contribution >= 0.6 is 0 Å². The van der Waals surface area contributed by atoms with Crippen molar-refractivity contribution < 1.29 is 4.79 Å². The first-order chi connectivity index (χ1) is 10.5. The summed E-state index contributed by atoms with van der Waals surface area (Å²) in [5.41, 5.74) is 2.24. The molecule has 0 aliphatic carbocycles. The van der Waals surface area contributed by atoms with Gasteiger partial charge < -0.3 is 15.2 Å². The minimum Gasteiger partial charge on any atom is -0.348 e. The lowest BCUT2D eigenvalue weighted by molar-refractivity contribution is -0.114. The molecule has 0 bridgehead atoms. The van der Waals surface area contributed by atoms with Crippen molar-refractivity contribution in [2.24, 2.45) is 7.05 Å². The SMILES string of the molecule is Cc1cc(NC(=O)CN(C)c2ncnc3nc[nH]c23)nn1C. The Kier molecular flexibility index (Phi) is 3.45. The Morgan fingerprint density at radius 3 is 2.95 bits per heavy atom. The molecule has 3 aromatic heterocycles. The van der Waals surface area contributed by atoms with E-state index in [9.17, 15) is 4.79 Å². The normalized spacial score (nSPS) is 10.9. The van der Waals surface area contributed by atoms with Crippen LogP contribution in [0.4, 0.5) is 11.6 Å². The maximum absolute atomic E-state index is 12.1. The van der Waals surface area contributed by atoms with Crippen LogP contribution in [0.3, 0.4) is 0 Å². The van der Waals surface area contributed by atoms with E-state index < -0.39 is 0 Å². The number of carbonyl (C=O) groups is 1. The molecule has 3 heterocycles. The molecule has 0 unspecified atom stereocenters. The van der Waals surface area contributed by atoms with Crippen LogP contribution in [0.5, 0.6) is 0 Å². The average molecular weight is 300 g/mol. The molecule has 2 N–H and O–H groups in total. The second-order valence-corrected chi connectivity index (χ2v) is 5.00. The van der Waals surface area contributed by atoms with Gasteiger partial charge in [0.25, 0.3) is 0 Å². The first kappa shape index (κ1) is 14.0. The number of imidazole rings is 1. The maximum atomic E-state index is 12.1. The zero-order chi connectivity index (χ0) is 15.7. The lowest BCUT2D eigenvalue weighted by Crippen LogP contribution is -2.31. The van der Waals surface area contributed by atoms with Crippen molar-refractivity contribution in [2.75, 3.05) is 23.8 Å². The third kappa shape index (κ3) is 2.60. The largest absolute Gasteiger partial charge is 0.348 e. The molecule has 0 saturated heterocycles. The average Bonchev–Trinajstić information content (AvgIpc) is 3.05. The molecule has 22 heavy (non-hydrogen) atoms. The Balaban J connectivity index is 1.72. The van der Waals surface area contributed by atoms with E-state index in [1.54, 1.807) is 23.0 Å². The van der Waals surface area contributed by atoms with Crippen LogP contribution < -0.4 is 10.2 Å². The van der Waals surface area contributed by atoms with E-state index in [0.29, 0.717) is 22.8 Å². The molecule has 0 saturated carbocycles. The van der Waals surface area contributed by atoms with Crippen molar-refractivity contribution in [3.63, 3.8) is 0 Å². The standard InChI is InChI=1S/C13H16N8O/c1-8-4-9(19-21(8)3)18-10(22)5-20(2)13-11-12(15-6-14-11)16-7-17-13/h4,6-7H,5H2,1-3H3,(H,18,19,22)(H,14,15,16,17). The van der Waals surface area contributed by atoms with Gasteiger partial charge in [0.15, 0.2) is 17.3 Å². The van der Waals surface area contributed by atoms with E-state index in [2.05, 4.69) is 30.4 Å². The fourth-order valence-corrected chi connectivity index (χ4v) is 2.14. The van der Waals surface area contributed by atoms with Crippen molar-refractivity contribution in [2.45, 2.75) is 6.92 Å². The summed E-state index contributed by atoms with van der Waals surface area (Å²) in [6.07, 6.45) is 2.97. The van der Waals surface area contributed by atoms with Crippen LogP contribution in [0.1, 0.15) is 5.69 Å². The van der Waals surface area contributed by atoms with E-state index in [0.717, 1.165) is 5.69 Å². The minimum absolute atomic E-state index is 0.140. The molecular weight excluding hydrogens is 284 g/mol. The zero-order valence-corrected chi connectivity index (χ0v) is 12.5. The van der Waals surface area contributed by atoms with Gasteiger partial charge >= 0.3 is 0 Å². The summed E-state index contributed by atoms with van der Waals surface area (Å²) in [6.45, 7) is 2.06. The minimum atomic E-state index is -0.174. The van der Waals surface area contributed by atoms with Gasteiger partial charge in [-0.05, 0) is 6.92 Å². The highest BCUT2D eigenvalue weighted by atomic mass is 16.2. The van der Waals surface area contributed by atoms with E-state index in [-0.39, 0.29) is 12.5 Å². The number of hydrogen-bond acceptors (Lipinski definition) is 6. The fraction of sp³-hybridized carbons (Fsp3) is 0.308. The highest BCUT2D eigenvalue weighted by Crippen LogP contribution is 2.18. The van der Waals surface area contributed by atoms with Crippen molar-refractivity contribution in [3.8, 4) is 0 Å². The Labute approximate surface area is 126 Å². The van der Waals surface area contributed by atoms with Crippen molar-refractivity contribution >= 4 is 28.7 Å². The van der Waals surface area contributed by atoms with E-state index in [4.69, 9.17) is 0 Å². The van der Waals surface area contributed by atoms with Gasteiger partial charge in [-0.1, -0.05) is 0 Å². The number of amides is 1. The second kappa shape index (κ2) is 5.43. The summed E-state index contributed by atoms with van der Waals surface area (Å²) < 4.78 is 1.71. The monoisotopic (exact) mass is 300 g/mol. The van der Waals surface area contributed by atoms with E-state index >= 15 is 0 Å². The lowest BCUT2D eigenvalue weighted by Gasteiger charge is -2.17. The van der Waals surface area contributed by atoms with Gasteiger partial charge in [0.2, 0.25) is 5.91 Å². The summed E-state index contributed by atoms with van der Waals surface area (Å²) in [5.74, 6) is 0.981. The van der Waals surface area contributed by atoms with Gasteiger partial charge in [-0.3, -0.25) is 9.48 Å². The van der Waals surface area contributed by atoms with Gasteiger partial charge in [0.05, 0.1) is 12.9 Å². The Bertz CT molecular complexity index is 801. The van der Waals surface area contributed by atoms with Crippen molar-refractivity contribution in [3.05, 3.63) is 24.4 Å². The molecule has 0 aromatic carbocycles. The van der Waals surface area contributed by atoms with Gasteiger partial charge in [-0.25, -0.2) is 15.0 Å². The quantitative estimate of drug-likeness (QED) is 0.725. The third-order valence-corrected chi connectivity index (χ3v) is 3.33. The second-order valence-electron chi connectivity index (χ2n) is 5.00. The molecule has 0 radical (unpaired) electrons. The maximum Gasteiger partial charge on any atom is 0.245 e. The van der Waals surface area contributed by atoms with Gasteiger partial charge in [0.1, 0.15) is 11.8 Å². The molecule has 0 atom stereocenters. The Morgan fingerprint density at radius 2 is 2.23 bits per heavy atom.